The number of aromatic nitrogens is 4. The molecule has 5 rings (SSSR count). The third-order valence-corrected chi connectivity index (χ3v) is 10.1. The van der Waals surface area contributed by atoms with E-state index < -0.39 is 64.4 Å². The van der Waals surface area contributed by atoms with Crippen LogP contribution in [0.5, 0.6) is 5.75 Å². The van der Waals surface area contributed by atoms with Gasteiger partial charge in [-0.2, -0.15) is 0 Å². The number of nitrogens with one attached hydrogen (secondary N) is 3. The zero-order valence-electron chi connectivity index (χ0n) is 27.2. The van der Waals surface area contributed by atoms with Gasteiger partial charge in [0.2, 0.25) is 23.1 Å². The van der Waals surface area contributed by atoms with Crippen LogP contribution in [0.1, 0.15) is 25.5 Å². The first kappa shape index (κ1) is 39.1. The second-order valence-electron chi connectivity index (χ2n) is 10.7. The van der Waals surface area contributed by atoms with E-state index in [0.717, 1.165) is 33.2 Å². The number of benzene rings is 1. The van der Waals surface area contributed by atoms with E-state index in [-0.39, 0.29) is 89.1 Å². The monoisotopic (exact) mass is 753 g/mol. The SMILES string of the molecule is CCN1CCN(C(=O)NC(C(=O)N[C@]2(NC=O)C(=O)N3C(C(=O)[O-])=C(CSc4nnnn4N)CS[C@H]32)c2ccc(OC(C)=O)cc2)C(=O)C1=O.[Na+]. The summed E-state index contributed by atoms with van der Waals surface area (Å²) in [4.78, 5) is 105. The molecule has 0 radical (unpaired) electrons. The van der Waals surface area contributed by atoms with Crippen molar-refractivity contribution in [1.29, 1.82) is 0 Å². The van der Waals surface area contributed by atoms with Gasteiger partial charge in [-0.1, -0.05) is 29.0 Å². The van der Waals surface area contributed by atoms with Crippen LogP contribution in [0, 0.1) is 0 Å². The maximum atomic E-state index is 14.0. The van der Waals surface area contributed by atoms with Gasteiger partial charge < -0.3 is 41.3 Å². The molecule has 0 aliphatic carbocycles. The maximum Gasteiger partial charge on any atom is 1.00 e. The molecule has 3 aliphatic rings. The van der Waals surface area contributed by atoms with Gasteiger partial charge in [-0.3, -0.25) is 38.6 Å². The average molecular weight is 754 g/mol. The number of hydrogen-bond acceptors (Lipinski definition) is 16. The number of thioether (sulfide) groups is 2. The Labute approximate surface area is 318 Å². The van der Waals surface area contributed by atoms with E-state index in [1.54, 1.807) is 6.92 Å². The summed E-state index contributed by atoms with van der Waals surface area (Å²) in [6, 6.07) is 2.53. The van der Waals surface area contributed by atoms with Gasteiger partial charge in [0.1, 0.15) is 17.2 Å². The van der Waals surface area contributed by atoms with Crippen LogP contribution in [0.4, 0.5) is 4.79 Å². The summed E-state index contributed by atoms with van der Waals surface area (Å²) in [5, 5.41) is 29.0. The van der Waals surface area contributed by atoms with E-state index >= 15 is 0 Å². The predicted molar refractivity (Wildman–Crippen MR) is 167 cm³/mol. The molecule has 2 aromatic rings. The van der Waals surface area contributed by atoms with Crippen molar-refractivity contribution in [3.8, 4) is 5.75 Å². The minimum Gasteiger partial charge on any atom is -0.543 e. The molecule has 21 nitrogen and oxygen atoms in total. The van der Waals surface area contributed by atoms with Crippen LogP contribution in [0.2, 0.25) is 0 Å². The van der Waals surface area contributed by atoms with E-state index in [1.165, 1.54) is 36.1 Å². The number of amides is 7. The summed E-state index contributed by atoms with van der Waals surface area (Å²) >= 11 is 2.01. The van der Waals surface area contributed by atoms with Crippen molar-refractivity contribution in [3.63, 3.8) is 0 Å². The number of ether oxygens (including phenoxy) is 1. The van der Waals surface area contributed by atoms with Crippen LogP contribution >= 0.6 is 23.5 Å². The first-order valence-electron chi connectivity index (χ1n) is 14.6. The van der Waals surface area contributed by atoms with Crippen LogP contribution in [0.25, 0.3) is 0 Å². The second-order valence-corrected chi connectivity index (χ2v) is 12.7. The minimum absolute atomic E-state index is 0. The standard InChI is InChI=1S/C27H29N11O10S2.Na/c1-3-35-8-9-36(21(43)20(35)42)25(47)30-17(14-4-6-16(7-5-14)48-13(2)40)19(41)31-27(29-12-39)23(46)37-18(22(44)45)15(10-49-24(27)37)11-50-26-32-33-34-38(26)28;/h4-7,12,17,24H,3,8-11,28H2,1-2H3,(H,29,39)(H,30,47)(H,31,41)(H,44,45);/q;+1/p-1/t17?,24-,27+;/m0./s1. The molecule has 4 heterocycles. The number of hydrogen-bond donors (Lipinski definition) is 4. The number of nitrogens with two attached hydrogens (primary N) is 1. The van der Waals surface area contributed by atoms with E-state index in [4.69, 9.17) is 10.6 Å². The molecule has 0 bridgehead atoms. The number of nitrogen functional groups attached to an aromatic ring is 1. The minimum atomic E-state index is -2.19. The number of imide groups is 1. The van der Waals surface area contributed by atoms with E-state index in [0.29, 0.717) is 4.90 Å². The summed E-state index contributed by atoms with van der Waals surface area (Å²) < 4.78 is 5.03. The van der Waals surface area contributed by atoms with Crippen molar-refractivity contribution >= 4 is 71.5 Å². The Bertz CT molecular complexity index is 1810. The number of carbonyl (C=O) groups is 8. The average Bonchev–Trinajstić information content (AvgIpc) is 3.50. The molecule has 2 saturated heterocycles. The summed E-state index contributed by atoms with van der Waals surface area (Å²) in [6.07, 6.45) is 0.143. The third kappa shape index (κ3) is 7.66. The number of carboxylic acid groups (broad SMARTS) is 1. The van der Waals surface area contributed by atoms with Crippen LogP contribution in [0.15, 0.2) is 40.7 Å². The summed E-state index contributed by atoms with van der Waals surface area (Å²) in [5.41, 5.74) is -2.35. The molecule has 1 aromatic heterocycles. The van der Waals surface area contributed by atoms with Gasteiger partial charge in [0.15, 0.2) is 0 Å². The normalized spacial score (nSPS) is 20.4. The van der Waals surface area contributed by atoms with Crippen molar-refractivity contribution in [3.05, 3.63) is 41.1 Å². The van der Waals surface area contributed by atoms with Crippen molar-refractivity contribution in [2.24, 2.45) is 0 Å². The van der Waals surface area contributed by atoms with Crippen LogP contribution in [-0.4, -0.2) is 125 Å². The molecule has 0 saturated carbocycles. The number of fused-ring (bicyclic) bond motifs is 1. The van der Waals surface area contributed by atoms with E-state index in [9.17, 15) is 43.5 Å². The molecule has 51 heavy (non-hydrogen) atoms. The topological polar surface area (TPSA) is 284 Å². The Morgan fingerprint density at radius 1 is 1.18 bits per heavy atom. The van der Waals surface area contributed by atoms with E-state index in [1.807, 2.05) is 0 Å². The Kier molecular flexibility index (Phi) is 12.3. The molecule has 1 aromatic carbocycles. The fourth-order valence-electron chi connectivity index (χ4n) is 5.36. The van der Waals surface area contributed by atoms with Crippen molar-refractivity contribution < 1.29 is 77.8 Å². The van der Waals surface area contributed by atoms with E-state index in [2.05, 4.69) is 31.5 Å². The number of aliphatic carboxylic acids is 1. The fourth-order valence-corrected chi connectivity index (χ4v) is 7.72. The number of urea groups is 1. The van der Waals surface area contributed by atoms with Gasteiger partial charge >= 0.3 is 53.4 Å². The Morgan fingerprint density at radius 3 is 2.47 bits per heavy atom. The molecular formula is C27H28N11NaO10S2. The third-order valence-electron chi connectivity index (χ3n) is 7.73. The van der Waals surface area contributed by atoms with Crippen LogP contribution in [0.3, 0.4) is 0 Å². The predicted octanol–water partition coefficient (Wildman–Crippen LogP) is -6.97. The van der Waals surface area contributed by atoms with Crippen LogP contribution < -0.4 is 61.2 Å². The molecular weight excluding hydrogens is 725 g/mol. The zero-order chi connectivity index (χ0) is 36.3. The molecule has 0 spiro atoms. The Morgan fingerprint density at radius 2 is 1.88 bits per heavy atom. The largest absolute Gasteiger partial charge is 1.00 e. The number of esters is 1. The van der Waals surface area contributed by atoms with Crippen molar-refractivity contribution in [1.82, 2.24) is 51.0 Å². The number of likely N-dealkylation sites (N-methyl/N-ethyl adjacent to an activating group) is 1. The molecule has 5 N–H and O–H groups in total. The molecule has 24 heteroatoms. The van der Waals surface area contributed by atoms with Gasteiger partial charge in [-0.25, -0.2) is 4.79 Å². The van der Waals surface area contributed by atoms with Gasteiger partial charge in [-0.15, -0.1) is 16.6 Å². The summed E-state index contributed by atoms with van der Waals surface area (Å²) in [7, 11) is 0. The molecule has 7 amide bonds. The van der Waals surface area contributed by atoms with Crippen LogP contribution in [-0.2, 0) is 33.6 Å². The number of piperazine rings is 1. The number of tetrazole rings is 1. The molecule has 264 valence electrons. The summed E-state index contributed by atoms with van der Waals surface area (Å²) in [6.45, 7) is 2.95. The zero-order valence-corrected chi connectivity index (χ0v) is 30.8. The first-order chi connectivity index (χ1) is 23.8. The van der Waals surface area contributed by atoms with Gasteiger partial charge in [0.05, 0.1) is 11.7 Å². The maximum absolute atomic E-state index is 14.0. The smallest absolute Gasteiger partial charge is 0.543 e. The second kappa shape index (κ2) is 16.1. The van der Waals surface area contributed by atoms with Gasteiger partial charge in [0, 0.05) is 38.1 Å². The van der Waals surface area contributed by atoms with Gasteiger partial charge in [0.25, 0.3) is 5.91 Å². The first-order valence-corrected chi connectivity index (χ1v) is 16.6. The number of carboxylic acids is 1. The number of carbonyl (C=O) groups excluding carboxylic acids is 8. The Balaban J connectivity index is 0.00000583. The van der Waals surface area contributed by atoms with Gasteiger partial charge in [-0.05, 0) is 40.6 Å². The summed E-state index contributed by atoms with van der Waals surface area (Å²) in [5.74, 6) is -0.739. The number of β-lactam (4-membered cyclic amide) rings is 1. The molecule has 2 fully saturated rings. The quantitative estimate of drug-likeness (QED) is 0.0180. The van der Waals surface area contributed by atoms with Crippen molar-refractivity contribution in [2.75, 3.05) is 37.0 Å². The fraction of sp³-hybridized carbons (Fsp3) is 0.370. The van der Waals surface area contributed by atoms with Crippen molar-refractivity contribution in [2.45, 2.75) is 36.1 Å². The number of nitrogens with zero attached hydrogens (tertiary/aromatic N) is 7. The number of rotatable bonds is 12. The molecule has 3 aliphatic heterocycles. The Hall–Kier alpha value is -4.71. The molecule has 1 unspecified atom stereocenters. The molecule has 3 atom stereocenters.